The molecule has 0 aliphatic carbocycles. The highest BCUT2D eigenvalue weighted by molar-refractivity contribution is 7.99. The van der Waals surface area contributed by atoms with Gasteiger partial charge in [0.05, 0.1) is 16.5 Å². The monoisotopic (exact) mass is 419 g/mol. The third kappa shape index (κ3) is 4.88. The average Bonchev–Trinajstić information content (AvgIpc) is 3.07. The molecule has 1 aromatic carbocycles. The molecule has 0 atom stereocenters. The number of halogens is 2. The third-order valence-electron chi connectivity index (χ3n) is 3.48. The Balaban J connectivity index is 1.72. The van der Waals surface area contributed by atoms with Crippen LogP contribution >= 0.6 is 35.0 Å². The lowest BCUT2D eigenvalue weighted by molar-refractivity contribution is -0.113. The molecule has 0 bridgehead atoms. The molecule has 138 valence electrons. The number of thioether (sulfide) groups is 1. The van der Waals surface area contributed by atoms with Crippen molar-refractivity contribution in [3.63, 3.8) is 0 Å². The molecule has 0 unspecified atom stereocenters. The van der Waals surface area contributed by atoms with Crippen molar-refractivity contribution in [2.24, 2.45) is 0 Å². The lowest BCUT2D eigenvalue weighted by Gasteiger charge is -2.09. The number of hydrogen-bond acceptors (Lipinski definition) is 5. The summed E-state index contributed by atoms with van der Waals surface area (Å²) in [4.78, 5) is 16.4. The highest BCUT2D eigenvalue weighted by atomic mass is 35.5. The van der Waals surface area contributed by atoms with Gasteiger partial charge >= 0.3 is 0 Å². The normalized spacial score (nSPS) is 10.6. The standard InChI is InChI=1S/C18H15Cl2N5OS/c1-2-8-25-17(12-4-3-7-21-10-12)23-24-18(25)27-11-16(26)22-15-9-13(19)5-6-14(15)20/h2-7,9-10H,1,8,11H2,(H,22,26). The largest absolute Gasteiger partial charge is 0.324 e. The molecule has 2 aromatic heterocycles. The van der Waals surface area contributed by atoms with Gasteiger partial charge in [0.25, 0.3) is 0 Å². The molecule has 1 amide bonds. The Morgan fingerprint density at radius 1 is 1.30 bits per heavy atom. The van der Waals surface area contributed by atoms with Gasteiger partial charge in [0.1, 0.15) is 0 Å². The minimum Gasteiger partial charge on any atom is -0.324 e. The molecule has 0 fully saturated rings. The first-order valence-corrected chi connectivity index (χ1v) is 9.65. The predicted molar refractivity (Wildman–Crippen MR) is 109 cm³/mol. The smallest absolute Gasteiger partial charge is 0.234 e. The Labute approximate surface area is 170 Å². The molecule has 0 spiro atoms. The van der Waals surface area contributed by atoms with Crippen molar-refractivity contribution >= 4 is 46.6 Å². The molecule has 0 saturated heterocycles. The Morgan fingerprint density at radius 3 is 2.89 bits per heavy atom. The molecule has 0 saturated carbocycles. The minimum absolute atomic E-state index is 0.144. The van der Waals surface area contributed by atoms with Crippen LogP contribution in [0.25, 0.3) is 11.4 Å². The second-order valence-electron chi connectivity index (χ2n) is 5.41. The van der Waals surface area contributed by atoms with Gasteiger partial charge in [0.2, 0.25) is 5.91 Å². The second kappa shape index (κ2) is 9.03. The summed E-state index contributed by atoms with van der Waals surface area (Å²) in [6, 6.07) is 8.63. The van der Waals surface area contributed by atoms with Gasteiger partial charge in [0.15, 0.2) is 11.0 Å². The first kappa shape index (κ1) is 19.4. The molecule has 0 aliphatic rings. The van der Waals surface area contributed by atoms with E-state index >= 15 is 0 Å². The fraction of sp³-hybridized carbons (Fsp3) is 0.111. The van der Waals surface area contributed by atoms with Crippen molar-refractivity contribution in [3.05, 3.63) is 65.4 Å². The number of benzene rings is 1. The zero-order valence-corrected chi connectivity index (χ0v) is 16.4. The van der Waals surface area contributed by atoms with E-state index in [9.17, 15) is 4.79 Å². The van der Waals surface area contributed by atoms with Crippen molar-refractivity contribution < 1.29 is 4.79 Å². The fourth-order valence-electron chi connectivity index (χ4n) is 2.31. The quantitative estimate of drug-likeness (QED) is 0.448. The molecular formula is C18H15Cl2N5OS. The van der Waals surface area contributed by atoms with Crippen molar-refractivity contribution in [2.45, 2.75) is 11.7 Å². The number of anilines is 1. The van der Waals surface area contributed by atoms with E-state index in [1.807, 2.05) is 16.7 Å². The van der Waals surface area contributed by atoms with Crippen LogP contribution in [0.2, 0.25) is 10.0 Å². The predicted octanol–water partition coefficient (Wildman–Crippen LogP) is 4.56. The number of carbonyl (C=O) groups excluding carboxylic acids is 1. The van der Waals surface area contributed by atoms with Crippen molar-refractivity contribution in [2.75, 3.05) is 11.1 Å². The number of pyridine rings is 1. The highest BCUT2D eigenvalue weighted by Crippen LogP contribution is 2.27. The van der Waals surface area contributed by atoms with Gasteiger partial charge in [0, 0.05) is 29.5 Å². The maximum absolute atomic E-state index is 12.3. The molecule has 1 N–H and O–H groups in total. The van der Waals surface area contributed by atoms with Gasteiger partial charge in [-0.1, -0.05) is 41.0 Å². The van der Waals surface area contributed by atoms with Crippen LogP contribution in [-0.4, -0.2) is 31.4 Å². The maximum Gasteiger partial charge on any atom is 0.234 e. The van der Waals surface area contributed by atoms with Gasteiger partial charge in [-0.25, -0.2) is 0 Å². The van der Waals surface area contributed by atoms with Gasteiger partial charge in [-0.3, -0.25) is 14.3 Å². The number of amides is 1. The molecule has 2 heterocycles. The van der Waals surface area contributed by atoms with E-state index in [2.05, 4.69) is 27.1 Å². The van der Waals surface area contributed by atoms with E-state index in [0.29, 0.717) is 33.3 Å². The van der Waals surface area contributed by atoms with Gasteiger partial charge in [-0.15, -0.1) is 16.8 Å². The molecule has 0 radical (unpaired) electrons. The van der Waals surface area contributed by atoms with Crippen LogP contribution < -0.4 is 5.32 Å². The second-order valence-corrected chi connectivity index (χ2v) is 7.19. The first-order chi connectivity index (χ1) is 13.1. The number of aromatic nitrogens is 4. The van der Waals surface area contributed by atoms with Crippen LogP contribution in [0.1, 0.15) is 0 Å². The number of carbonyl (C=O) groups is 1. The van der Waals surface area contributed by atoms with Gasteiger partial charge in [-0.2, -0.15) is 0 Å². The molecule has 3 aromatic rings. The SMILES string of the molecule is C=CCn1c(SCC(=O)Nc2cc(Cl)ccc2Cl)nnc1-c1cccnc1. The van der Waals surface area contributed by atoms with Crippen LogP contribution in [0.5, 0.6) is 0 Å². The van der Waals surface area contributed by atoms with E-state index in [4.69, 9.17) is 23.2 Å². The molecule has 3 rings (SSSR count). The first-order valence-electron chi connectivity index (χ1n) is 7.90. The van der Waals surface area contributed by atoms with Gasteiger partial charge < -0.3 is 5.32 Å². The summed E-state index contributed by atoms with van der Waals surface area (Å²) in [7, 11) is 0. The van der Waals surface area contributed by atoms with Gasteiger partial charge in [-0.05, 0) is 30.3 Å². The summed E-state index contributed by atoms with van der Waals surface area (Å²) in [5.41, 5.74) is 1.31. The average molecular weight is 420 g/mol. The number of nitrogens with one attached hydrogen (secondary N) is 1. The lowest BCUT2D eigenvalue weighted by Crippen LogP contribution is -2.15. The molecule has 6 nitrogen and oxygen atoms in total. The van der Waals surface area contributed by atoms with Crippen LogP contribution in [0.15, 0.2) is 60.5 Å². The van der Waals surface area contributed by atoms with Crippen molar-refractivity contribution in [1.29, 1.82) is 0 Å². The summed E-state index contributed by atoms with van der Waals surface area (Å²) in [6.07, 6.45) is 5.16. The van der Waals surface area contributed by atoms with E-state index in [1.165, 1.54) is 11.8 Å². The zero-order chi connectivity index (χ0) is 19.2. The molecular weight excluding hydrogens is 405 g/mol. The molecule has 9 heteroatoms. The highest BCUT2D eigenvalue weighted by Gasteiger charge is 2.15. The minimum atomic E-state index is -0.222. The van der Waals surface area contributed by atoms with E-state index in [1.54, 1.807) is 36.7 Å². The summed E-state index contributed by atoms with van der Waals surface area (Å²) >= 11 is 13.3. The van der Waals surface area contributed by atoms with Crippen molar-refractivity contribution in [1.82, 2.24) is 19.7 Å². The Kier molecular flexibility index (Phi) is 6.49. The maximum atomic E-state index is 12.3. The van der Waals surface area contributed by atoms with Crippen molar-refractivity contribution in [3.8, 4) is 11.4 Å². The molecule has 0 aliphatic heterocycles. The molecule has 27 heavy (non-hydrogen) atoms. The lowest BCUT2D eigenvalue weighted by atomic mass is 10.3. The van der Waals surface area contributed by atoms with Crippen LogP contribution in [0.3, 0.4) is 0 Å². The Hall–Kier alpha value is -2.35. The summed E-state index contributed by atoms with van der Waals surface area (Å²) < 4.78 is 1.88. The number of rotatable bonds is 7. The van der Waals surface area contributed by atoms with Crippen LogP contribution in [0, 0.1) is 0 Å². The summed E-state index contributed by atoms with van der Waals surface area (Å²) in [6.45, 7) is 4.29. The van der Waals surface area contributed by atoms with E-state index in [0.717, 1.165) is 5.56 Å². The fourth-order valence-corrected chi connectivity index (χ4v) is 3.39. The van der Waals surface area contributed by atoms with Crippen LogP contribution in [-0.2, 0) is 11.3 Å². The third-order valence-corrected chi connectivity index (χ3v) is 5.01. The Morgan fingerprint density at radius 2 is 2.15 bits per heavy atom. The number of hydrogen-bond donors (Lipinski definition) is 1. The zero-order valence-electron chi connectivity index (χ0n) is 14.1. The topological polar surface area (TPSA) is 72.7 Å². The van der Waals surface area contributed by atoms with E-state index < -0.39 is 0 Å². The summed E-state index contributed by atoms with van der Waals surface area (Å²) in [5.74, 6) is 0.592. The number of allylic oxidation sites excluding steroid dienone is 1. The summed E-state index contributed by atoms with van der Waals surface area (Å²) in [5, 5.41) is 12.7. The Bertz CT molecular complexity index is 962. The number of nitrogens with zero attached hydrogens (tertiary/aromatic N) is 4. The van der Waals surface area contributed by atoms with E-state index in [-0.39, 0.29) is 11.7 Å². The van der Waals surface area contributed by atoms with Crippen LogP contribution in [0.4, 0.5) is 5.69 Å².